The van der Waals surface area contributed by atoms with Gasteiger partial charge in [-0.15, -0.1) is 11.3 Å². The van der Waals surface area contributed by atoms with Gasteiger partial charge in [-0.05, 0) is 38.1 Å². The summed E-state index contributed by atoms with van der Waals surface area (Å²) in [5, 5.41) is 12.5. The molecule has 0 atom stereocenters. The number of aliphatic imine (C=N–C) groups is 1. The molecule has 0 unspecified atom stereocenters. The van der Waals surface area contributed by atoms with Crippen LogP contribution in [-0.2, 0) is 12.8 Å². The highest BCUT2D eigenvalue weighted by Crippen LogP contribution is 2.08. The first-order valence-corrected chi connectivity index (χ1v) is 8.49. The Hall–Kier alpha value is -1.89. The van der Waals surface area contributed by atoms with Gasteiger partial charge < -0.3 is 15.2 Å². The quantitative estimate of drug-likeness (QED) is 0.443. The van der Waals surface area contributed by atoms with Crippen molar-refractivity contribution >= 4 is 17.3 Å². The van der Waals surface area contributed by atoms with Crippen molar-refractivity contribution in [1.82, 2.24) is 20.8 Å². The number of hydrogen-bond donors (Lipinski definition) is 2. The third kappa shape index (κ3) is 5.85. The highest BCUT2D eigenvalue weighted by Gasteiger charge is 2.02. The molecular formula is C15H23N5OS. The lowest BCUT2D eigenvalue weighted by atomic mass is 10.3. The van der Waals surface area contributed by atoms with E-state index < -0.39 is 0 Å². The van der Waals surface area contributed by atoms with Gasteiger partial charge in [0.15, 0.2) is 11.8 Å². The van der Waals surface area contributed by atoms with Crippen LogP contribution in [0.2, 0.25) is 0 Å². The Balaban J connectivity index is 1.69. The fraction of sp³-hybridized carbons (Fsp3) is 0.533. The summed E-state index contributed by atoms with van der Waals surface area (Å²) < 4.78 is 5.09. The molecule has 120 valence electrons. The van der Waals surface area contributed by atoms with Gasteiger partial charge in [0.25, 0.3) is 0 Å². The largest absolute Gasteiger partial charge is 0.357 e. The fourth-order valence-corrected chi connectivity index (χ4v) is 2.67. The maximum atomic E-state index is 5.09. The number of aromatic nitrogens is 2. The number of nitrogens with zero attached hydrogens (tertiary/aromatic N) is 3. The molecule has 7 heteroatoms. The van der Waals surface area contributed by atoms with Gasteiger partial charge >= 0.3 is 0 Å². The Labute approximate surface area is 135 Å². The van der Waals surface area contributed by atoms with E-state index in [4.69, 9.17) is 4.52 Å². The number of hydrogen-bond acceptors (Lipinski definition) is 5. The first-order valence-electron chi connectivity index (χ1n) is 7.61. The van der Waals surface area contributed by atoms with Gasteiger partial charge in [-0.3, -0.25) is 4.99 Å². The predicted octanol–water partition coefficient (Wildman–Crippen LogP) is 2.17. The summed E-state index contributed by atoms with van der Waals surface area (Å²) in [5.74, 6) is 2.23. The average molecular weight is 321 g/mol. The number of nitrogens with one attached hydrogen (secondary N) is 2. The Morgan fingerprint density at radius 1 is 1.36 bits per heavy atom. The maximum Gasteiger partial charge on any atom is 0.226 e. The molecule has 0 aliphatic heterocycles. The second kappa shape index (κ2) is 9.19. The SMILES string of the molecule is CCNC(=NCCCc1nc(C)no1)NCCc1cccs1. The summed E-state index contributed by atoms with van der Waals surface area (Å²) in [4.78, 5) is 10.1. The summed E-state index contributed by atoms with van der Waals surface area (Å²) in [6.45, 7) is 6.36. The summed E-state index contributed by atoms with van der Waals surface area (Å²) in [6, 6.07) is 4.24. The van der Waals surface area contributed by atoms with Crippen molar-refractivity contribution in [2.45, 2.75) is 33.1 Å². The zero-order valence-electron chi connectivity index (χ0n) is 13.1. The van der Waals surface area contributed by atoms with Crippen LogP contribution in [0.3, 0.4) is 0 Å². The minimum atomic E-state index is 0.682. The van der Waals surface area contributed by atoms with E-state index in [1.54, 1.807) is 11.3 Å². The normalized spacial score (nSPS) is 11.6. The van der Waals surface area contributed by atoms with Gasteiger partial charge in [-0.1, -0.05) is 11.2 Å². The van der Waals surface area contributed by atoms with E-state index in [1.807, 2.05) is 6.92 Å². The molecule has 0 saturated heterocycles. The van der Waals surface area contributed by atoms with E-state index >= 15 is 0 Å². The van der Waals surface area contributed by atoms with E-state index in [9.17, 15) is 0 Å². The minimum Gasteiger partial charge on any atom is -0.357 e. The highest BCUT2D eigenvalue weighted by molar-refractivity contribution is 7.09. The molecule has 2 heterocycles. The van der Waals surface area contributed by atoms with Crippen LogP contribution in [0.15, 0.2) is 27.0 Å². The van der Waals surface area contributed by atoms with Crippen molar-refractivity contribution in [1.29, 1.82) is 0 Å². The van der Waals surface area contributed by atoms with Crippen molar-refractivity contribution in [3.8, 4) is 0 Å². The molecule has 22 heavy (non-hydrogen) atoms. The van der Waals surface area contributed by atoms with E-state index in [1.165, 1.54) is 4.88 Å². The average Bonchev–Trinajstić information content (AvgIpc) is 3.15. The zero-order chi connectivity index (χ0) is 15.6. The highest BCUT2D eigenvalue weighted by atomic mass is 32.1. The lowest BCUT2D eigenvalue weighted by Gasteiger charge is -2.10. The van der Waals surface area contributed by atoms with Crippen LogP contribution in [0, 0.1) is 6.92 Å². The van der Waals surface area contributed by atoms with Gasteiger partial charge in [-0.2, -0.15) is 4.98 Å². The van der Waals surface area contributed by atoms with Gasteiger partial charge in [0, 0.05) is 30.9 Å². The third-order valence-corrected chi connectivity index (χ3v) is 3.91. The zero-order valence-corrected chi connectivity index (χ0v) is 13.9. The lowest BCUT2D eigenvalue weighted by molar-refractivity contribution is 0.372. The molecule has 0 saturated carbocycles. The summed E-state index contributed by atoms with van der Waals surface area (Å²) in [5.41, 5.74) is 0. The Bertz CT molecular complexity index is 564. The maximum absolute atomic E-state index is 5.09. The molecule has 2 aromatic heterocycles. The molecule has 6 nitrogen and oxygen atoms in total. The van der Waals surface area contributed by atoms with Crippen LogP contribution in [0.25, 0.3) is 0 Å². The Kier molecular flexibility index (Phi) is 6.89. The number of rotatable bonds is 8. The topological polar surface area (TPSA) is 75.3 Å². The van der Waals surface area contributed by atoms with Crippen LogP contribution >= 0.6 is 11.3 Å². The van der Waals surface area contributed by atoms with Crippen molar-refractivity contribution in [3.05, 3.63) is 34.1 Å². The molecule has 2 rings (SSSR count). The van der Waals surface area contributed by atoms with Gasteiger partial charge in [0.05, 0.1) is 0 Å². The molecule has 0 fully saturated rings. The van der Waals surface area contributed by atoms with E-state index in [0.717, 1.165) is 44.9 Å². The van der Waals surface area contributed by atoms with Crippen LogP contribution in [0.1, 0.15) is 29.9 Å². The molecule has 0 radical (unpaired) electrons. The van der Waals surface area contributed by atoms with Crippen LogP contribution in [0.5, 0.6) is 0 Å². The molecule has 0 spiro atoms. The molecule has 2 N–H and O–H groups in total. The summed E-state index contributed by atoms with van der Waals surface area (Å²) in [6.07, 6.45) is 2.67. The standard InChI is InChI=1S/C15H23N5OS/c1-3-16-15(18-10-8-13-6-5-11-22-13)17-9-4-7-14-19-12(2)20-21-14/h5-6,11H,3-4,7-10H2,1-2H3,(H2,16,17,18). The molecule has 0 bridgehead atoms. The summed E-state index contributed by atoms with van der Waals surface area (Å²) in [7, 11) is 0. The molecular weight excluding hydrogens is 298 g/mol. The van der Waals surface area contributed by atoms with Crippen molar-refractivity contribution in [3.63, 3.8) is 0 Å². The van der Waals surface area contributed by atoms with E-state index in [0.29, 0.717) is 11.7 Å². The molecule has 0 aromatic carbocycles. The lowest BCUT2D eigenvalue weighted by Crippen LogP contribution is -2.38. The monoisotopic (exact) mass is 321 g/mol. The second-order valence-electron chi connectivity index (χ2n) is 4.86. The van der Waals surface area contributed by atoms with Crippen molar-refractivity contribution in [2.24, 2.45) is 4.99 Å². The second-order valence-corrected chi connectivity index (χ2v) is 5.89. The van der Waals surface area contributed by atoms with Crippen molar-refractivity contribution in [2.75, 3.05) is 19.6 Å². The van der Waals surface area contributed by atoms with Crippen LogP contribution in [0.4, 0.5) is 0 Å². The molecule has 0 amide bonds. The first kappa shape index (κ1) is 16.5. The van der Waals surface area contributed by atoms with Crippen LogP contribution < -0.4 is 10.6 Å². The molecule has 2 aromatic rings. The Morgan fingerprint density at radius 2 is 2.27 bits per heavy atom. The Morgan fingerprint density at radius 3 is 2.95 bits per heavy atom. The van der Waals surface area contributed by atoms with E-state index in [2.05, 4.69) is 50.2 Å². The van der Waals surface area contributed by atoms with Gasteiger partial charge in [0.2, 0.25) is 5.89 Å². The number of aryl methyl sites for hydroxylation is 2. The summed E-state index contributed by atoms with van der Waals surface area (Å²) >= 11 is 1.79. The van der Waals surface area contributed by atoms with E-state index in [-0.39, 0.29) is 0 Å². The minimum absolute atomic E-state index is 0.682. The predicted molar refractivity (Wildman–Crippen MR) is 89.4 cm³/mol. The van der Waals surface area contributed by atoms with Gasteiger partial charge in [0.1, 0.15) is 0 Å². The molecule has 0 aliphatic carbocycles. The third-order valence-electron chi connectivity index (χ3n) is 2.98. The molecule has 0 aliphatic rings. The smallest absolute Gasteiger partial charge is 0.226 e. The number of guanidine groups is 1. The van der Waals surface area contributed by atoms with Gasteiger partial charge in [-0.25, -0.2) is 0 Å². The first-order chi connectivity index (χ1) is 10.8. The number of thiophene rings is 1. The van der Waals surface area contributed by atoms with Crippen LogP contribution in [-0.4, -0.2) is 35.7 Å². The fourth-order valence-electron chi connectivity index (χ4n) is 1.96. The van der Waals surface area contributed by atoms with Crippen molar-refractivity contribution < 1.29 is 4.52 Å².